The van der Waals surface area contributed by atoms with Crippen LogP contribution in [0.4, 0.5) is 10.1 Å². The molecule has 134 valence electrons. The standard InChI is InChI=1S/C17H19FN2O4S/c1-11(13-4-9-17(24-3)16(18)10-13)20-25(22,23)15-7-5-14(6-8-15)19-12(2)21/h4-11,20H,1-3H3,(H,19,21). The SMILES string of the molecule is COc1ccc(C(C)NS(=O)(=O)c2ccc(NC(C)=O)cc2)cc1F. The number of benzene rings is 2. The van der Waals surface area contributed by atoms with Crippen LogP contribution in [-0.2, 0) is 14.8 Å². The fourth-order valence-corrected chi connectivity index (χ4v) is 3.47. The van der Waals surface area contributed by atoms with E-state index in [1.54, 1.807) is 13.0 Å². The summed E-state index contributed by atoms with van der Waals surface area (Å²) in [6, 6.07) is 9.38. The molecule has 2 rings (SSSR count). The van der Waals surface area contributed by atoms with Crippen LogP contribution in [0, 0.1) is 5.82 Å². The van der Waals surface area contributed by atoms with Gasteiger partial charge < -0.3 is 10.1 Å². The number of methoxy groups -OCH3 is 1. The maximum atomic E-state index is 13.8. The number of rotatable bonds is 6. The fraction of sp³-hybridized carbons (Fsp3) is 0.235. The molecule has 2 aromatic rings. The molecule has 1 atom stereocenters. The van der Waals surface area contributed by atoms with Gasteiger partial charge in [-0.15, -0.1) is 0 Å². The number of amides is 1. The van der Waals surface area contributed by atoms with E-state index in [0.717, 1.165) is 0 Å². The Morgan fingerprint density at radius 3 is 2.32 bits per heavy atom. The highest BCUT2D eigenvalue weighted by atomic mass is 32.2. The van der Waals surface area contributed by atoms with Gasteiger partial charge in [-0.3, -0.25) is 4.79 Å². The van der Waals surface area contributed by atoms with E-state index in [9.17, 15) is 17.6 Å². The minimum Gasteiger partial charge on any atom is -0.494 e. The van der Waals surface area contributed by atoms with Crippen LogP contribution in [0.15, 0.2) is 47.4 Å². The molecule has 8 heteroatoms. The van der Waals surface area contributed by atoms with E-state index in [4.69, 9.17) is 4.74 Å². The number of carbonyl (C=O) groups excluding carboxylic acids is 1. The van der Waals surface area contributed by atoms with Gasteiger partial charge in [0.25, 0.3) is 0 Å². The lowest BCUT2D eigenvalue weighted by molar-refractivity contribution is -0.114. The molecule has 0 spiro atoms. The zero-order chi connectivity index (χ0) is 18.6. The Morgan fingerprint density at radius 1 is 1.16 bits per heavy atom. The third-order valence-electron chi connectivity index (χ3n) is 3.49. The number of carbonyl (C=O) groups is 1. The van der Waals surface area contributed by atoms with Crippen molar-refractivity contribution in [1.29, 1.82) is 0 Å². The molecule has 2 N–H and O–H groups in total. The highest BCUT2D eigenvalue weighted by Crippen LogP contribution is 2.23. The number of nitrogens with one attached hydrogen (secondary N) is 2. The van der Waals surface area contributed by atoms with Gasteiger partial charge in [-0.05, 0) is 48.9 Å². The second-order valence-corrected chi connectivity index (χ2v) is 7.16. The van der Waals surface area contributed by atoms with Gasteiger partial charge in [0.05, 0.1) is 12.0 Å². The van der Waals surface area contributed by atoms with Gasteiger partial charge in [-0.2, -0.15) is 0 Å². The van der Waals surface area contributed by atoms with Crippen molar-refractivity contribution < 1.29 is 22.3 Å². The van der Waals surface area contributed by atoms with Crippen molar-refractivity contribution in [1.82, 2.24) is 4.72 Å². The molecule has 0 radical (unpaired) electrons. The summed E-state index contributed by atoms with van der Waals surface area (Å²) in [6.45, 7) is 2.98. The third-order valence-corrected chi connectivity index (χ3v) is 5.05. The Labute approximate surface area is 146 Å². The molecule has 0 saturated heterocycles. The lowest BCUT2D eigenvalue weighted by atomic mass is 10.1. The van der Waals surface area contributed by atoms with Gasteiger partial charge in [0.1, 0.15) is 0 Å². The first kappa shape index (κ1) is 18.9. The maximum Gasteiger partial charge on any atom is 0.241 e. The molecule has 0 aliphatic rings. The average molecular weight is 366 g/mol. The van der Waals surface area contributed by atoms with Crippen molar-refractivity contribution >= 4 is 21.6 Å². The fourth-order valence-electron chi connectivity index (χ4n) is 2.24. The first-order chi connectivity index (χ1) is 11.7. The molecule has 0 saturated carbocycles. The van der Waals surface area contributed by atoms with E-state index in [0.29, 0.717) is 11.3 Å². The van der Waals surface area contributed by atoms with Gasteiger partial charge >= 0.3 is 0 Å². The monoisotopic (exact) mass is 366 g/mol. The molecular weight excluding hydrogens is 347 g/mol. The molecule has 2 aromatic carbocycles. The molecule has 25 heavy (non-hydrogen) atoms. The van der Waals surface area contributed by atoms with Gasteiger partial charge in [0.2, 0.25) is 15.9 Å². The van der Waals surface area contributed by atoms with E-state index >= 15 is 0 Å². The quantitative estimate of drug-likeness (QED) is 0.823. The summed E-state index contributed by atoms with van der Waals surface area (Å²) in [5.74, 6) is -0.720. The van der Waals surface area contributed by atoms with Crippen molar-refractivity contribution in [3.05, 3.63) is 53.8 Å². The van der Waals surface area contributed by atoms with Crippen LogP contribution in [0.3, 0.4) is 0 Å². The summed E-state index contributed by atoms with van der Waals surface area (Å²) in [7, 11) is -2.44. The Bertz CT molecular complexity index is 867. The van der Waals surface area contributed by atoms with Crippen molar-refractivity contribution in [2.24, 2.45) is 0 Å². The van der Waals surface area contributed by atoms with Gasteiger partial charge in [0, 0.05) is 18.7 Å². The van der Waals surface area contributed by atoms with Gasteiger partial charge in [-0.1, -0.05) is 6.07 Å². The van der Waals surface area contributed by atoms with E-state index in [1.807, 2.05) is 0 Å². The van der Waals surface area contributed by atoms with E-state index < -0.39 is 21.9 Å². The highest BCUT2D eigenvalue weighted by molar-refractivity contribution is 7.89. The number of halogens is 1. The Hall–Kier alpha value is -2.45. The maximum absolute atomic E-state index is 13.8. The van der Waals surface area contributed by atoms with Crippen molar-refractivity contribution in [3.8, 4) is 5.75 Å². The zero-order valence-electron chi connectivity index (χ0n) is 14.0. The summed E-state index contributed by atoms with van der Waals surface area (Å²) in [5.41, 5.74) is 0.966. The normalized spacial score (nSPS) is 12.5. The third kappa shape index (κ3) is 4.77. The number of ether oxygens (including phenoxy) is 1. The van der Waals surface area contributed by atoms with Gasteiger partial charge in [0.15, 0.2) is 11.6 Å². The summed E-state index contributed by atoms with van der Waals surface area (Å²) in [6.07, 6.45) is 0. The largest absolute Gasteiger partial charge is 0.494 e. The van der Waals surface area contributed by atoms with E-state index in [1.165, 1.54) is 50.4 Å². The number of hydrogen-bond donors (Lipinski definition) is 2. The van der Waals surface area contributed by atoms with Crippen LogP contribution in [0.1, 0.15) is 25.5 Å². The Morgan fingerprint density at radius 2 is 1.80 bits per heavy atom. The van der Waals surface area contributed by atoms with Crippen LogP contribution in [0.2, 0.25) is 0 Å². The first-order valence-electron chi connectivity index (χ1n) is 7.46. The van der Waals surface area contributed by atoms with E-state index in [-0.39, 0.29) is 16.6 Å². The first-order valence-corrected chi connectivity index (χ1v) is 8.94. The van der Waals surface area contributed by atoms with Crippen molar-refractivity contribution in [3.63, 3.8) is 0 Å². The van der Waals surface area contributed by atoms with Crippen LogP contribution in [-0.4, -0.2) is 21.4 Å². The van der Waals surface area contributed by atoms with Crippen molar-refractivity contribution in [2.75, 3.05) is 12.4 Å². The summed E-state index contributed by atoms with van der Waals surface area (Å²) in [5, 5.41) is 2.56. The topological polar surface area (TPSA) is 84.5 Å². The second kappa shape index (κ2) is 7.62. The summed E-state index contributed by atoms with van der Waals surface area (Å²) < 4.78 is 46.0. The molecule has 0 aromatic heterocycles. The molecule has 1 amide bonds. The lowest BCUT2D eigenvalue weighted by Crippen LogP contribution is -2.27. The van der Waals surface area contributed by atoms with Gasteiger partial charge in [-0.25, -0.2) is 17.5 Å². The lowest BCUT2D eigenvalue weighted by Gasteiger charge is -2.16. The van der Waals surface area contributed by atoms with Crippen LogP contribution in [0.25, 0.3) is 0 Å². The minimum atomic E-state index is -3.80. The summed E-state index contributed by atoms with van der Waals surface area (Å²) in [4.78, 5) is 11.0. The molecule has 0 bridgehead atoms. The second-order valence-electron chi connectivity index (χ2n) is 5.44. The van der Waals surface area contributed by atoms with Crippen LogP contribution < -0.4 is 14.8 Å². The van der Waals surface area contributed by atoms with Crippen LogP contribution >= 0.6 is 0 Å². The number of anilines is 1. The number of sulfonamides is 1. The molecule has 6 nitrogen and oxygen atoms in total. The van der Waals surface area contributed by atoms with E-state index in [2.05, 4.69) is 10.0 Å². The predicted molar refractivity (Wildman–Crippen MR) is 92.4 cm³/mol. The zero-order valence-corrected chi connectivity index (χ0v) is 14.9. The average Bonchev–Trinajstić information content (AvgIpc) is 2.54. The van der Waals surface area contributed by atoms with Crippen molar-refractivity contribution in [2.45, 2.75) is 24.8 Å². The molecule has 0 fully saturated rings. The molecule has 1 unspecified atom stereocenters. The smallest absolute Gasteiger partial charge is 0.241 e. The van der Waals surface area contributed by atoms with Crippen LogP contribution in [0.5, 0.6) is 5.75 Å². The summed E-state index contributed by atoms with van der Waals surface area (Å²) >= 11 is 0. The highest BCUT2D eigenvalue weighted by Gasteiger charge is 2.19. The molecule has 0 aliphatic heterocycles. The molecule has 0 aliphatic carbocycles. The molecular formula is C17H19FN2O4S. The predicted octanol–water partition coefficient (Wildman–Crippen LogP) is 2.83. The minimum absolute atomic E-state index is 0.0439. The molecule has 0 heterocycles. The number of hydrogen-bond acceptors (Lipinski definition) is 4. The Kier molecular flexibility index (Phi) is 5.76. The Balaban J connectivity index is 2.17.